The number of ether oxygens (including phenoxy) is 1. The summed E-state index contributed by atoms with van der Waals surface area (Å²) in [5.41, 5.74) is 1.64. The third-order valence-electron chi connectivity index (χ3n) is 6.19. The van der Waals surface area contributed by atoms with Crippen molar-refractivity contribution in [3.05, 3.63) is 64.7 Å². The zero-order valence-electron chi connectivity index (χ0n) is 17.7. The largest absolute Gasteiger partial charge is 0.495 e. The number of aromatic nitrogens is 2. The number of hydrogen-bond donors (Lipinski definition) is 0. The van der Waals surface area contributed by atoms with Crippen molar-refractivity contribution < 1.29 is 9.53 Å². The highest BCUT2D eigenvalue weighted by Gasteiger charge is 2.31. The molecule has 2 fully saturated rings. The summed E-state index contributed by atoms with van der Waals surface area (Å²) in [5.74, 6) is 1.85. The third kappa shape index (κ3) is 3.76. The van der Waals surface area contributed by atoms with Crippen molar-refractivity contribution >= 4 is 22.5 Å². The lowest BCUT2D eigenvalue weighted by molar-refractivity contribution is -0.132. The highest BCUT2D eigenvalue weighted by Crippen LogP contribution is 2.39. The monoisotopic (exact) mass is 418 g/mol. The van der Waals surface area contributed by atoms with Crippen molar-refractivity contribution in [2.24, 2.45) is 0 Å². The molecule has 1 saturated heterocycles. The minimum absolute atomic E-state index is 0.0271. The molecule has 1 saturated carbocycles. The van der Waals surface area contributed by atoms with Gasteiger partial charge in [-0.1, -0.05) is 24.3 Å². The molecule has 0 bridgehead atoms. The van der Waals surface area contributed by atoms with E-state index >= 15 is 0 Å². The number of amides is 1. The Morgan fingerprint density at radius 1 is 1.03 bits per heavy atom. The van der Waals surface area contributed by atoms with Gasteiger partial charge in [-0.15, -0.1) is 0 Å². The lowest BCUT2D eigenvalue weighted by Gasteiger charge is -2.36. The second-order valence-corrected chi connectivity index (χ2v) is 8.19. The van der Waals surface area contributed by atoms with E-state index in [0.717, 1.165) is 43.2 Å². The number of carbonyl (C=O) groups excluding carboxylic acids is 1. The molecule has 0 unspecified atom stereocenters. The Morgan fingerprint density at radius 3 is 2.48 bits per heavy atom. The number of piperazine rings is 1. The number of benzene rings is 2. The molecule has 2 aromatic carbocycles. The maximum Gasteiger partial charge on any atom is 0.261 e. The third-order valence-corrected chi connectivity index (χ3v) is 6.19. The smallest absolute Gasteiger partial charge is 0.261 e. The molecule has 0 atom stereocenters. The van der Waals surface area contributed by atoms with Gasteiger partial charge in [0.05, 0.1) is 23.7 Å². The molecule has 7 nitrogen and oxygen atoms in total. The van der Waals surface area contributed by atoms with Gasteiger partial charge in [0.15, 0.2) is 0 Å². The van der Waals surface area contributed by atoms with E-state index in [1.54, 1.807) is 17.7 Å². The van der Waals surface area contributed by atoms with Gasteiger partial charge in [0.1, 0.15) is 18.1 Å². The fourth-order valence-electron chi connectivity index (χ4n) is 4.31. The predicted molar refractivity (Wildman–Crippen MR) is 120 cm³/mol. The SMILES string of the molecule is COc1ccccc1N1CCN(C(=O)Cn2c(C3CC3)nc3ccccc3c2=O)CC1. The van der Waals surface area contributed by atoms with Crippen LogP contribution in [0.4, 0.5) is 5.69 Å². The van der Waals surface area contributed by atoms with Crippen LogP contribution >= 0.6 is 0 Å². The van der Waals surface area contributed by atoms with Gasteiger partial charge >= 0.3 is 0 Å². The maximum absolute atomic E-state index is 13.1. The topological polar surface area (TPSA) is 67.7 Å². The van der Waals surface area contributed by atoms with Crippen LogP contribution in [-0.2, 0) is 11.3 Å². The number of rotatable bonds is 5. The van der Waals surface area contributed by atoms with E-state index in [1.807, 2.05) is 47.4 Å². The van der Waals surface area contributed by atoms with E-state index in [2.05, 4.69) is 4.90 Å². The lowest BCUT2D eigenvalue weighted by Crippen LogP contribution is -2.50. The zero-order valence-corrected chi connectivity index (χ0v) is 17.7. The molecule has 7 heteroatoms. The van der Waals surface area contributed by atoms with Gasteiger partial charge in [-0.05, 0) is 37.1 Å². The zero-order chi connectivity index (χ0) is 21.4. The normalized spacial score (nSPS) is 16.5. The van der Waals surface area contributed by atoms with Crippen molar-refractivity contribution in [2.75, 3.05) is 38.2 Å². The molecule has 0 spiro atoms. The second kappa shape index (κ2) is 8.06. The van der Waals surface area contributed by atoms with E-state index in [1.165, 1.54) is 0 Å². The van der Waals surface area contributed by atoms with Gasteiger partial charge in [0.25, 0.3) is 5.56 Å². The molecule has 0 radical (unpaired) electrons. The number of fused-ring (bicyclic) bond motifs is 1. The molecule has 1 aromatic heterocycles. The molecule has 160 valence electrons. The van der Waals surface area contributed by atoms with E-state index in [4.69, 9.17) is 9.72 Å². The summed E-state index contributed by atoms with van der Waals surface area (Å²) in [6.07, 6.45) is 2.05. The Kier molecular flexibility index (Phi) is 5.10. The Morgan fingerprint density at radius 2 is 1.74 bits per heavy atom. The predicted octanol–water partition coefficient (Wildman–Crippen LogP) is 2.63. The molecule has 2 aliphatic rings. The number of methoxy groups -OCH3 is 1. The average molecular weight is 418 g/mol. The van der Waals surface area contributed by atoms with Crippen molar-refractivity contribution in [1.29, 1.82) is 0 Å². The molecular weight excluding hydrogens is 392 g/mol. The maximum atomic E-state index is 13.1. The highest BCUT2D eigenvalue weighted by molar-refractivity contribution is 5.79. The summed E-state index contributed by atoms with van der Waals surface area (Å²) in [4.78, 5) is 35.1. The summed E-state index contributed by atoms with van der Waals surface area (Å²) in [7, 11) is 1.67. The Bertz CT molecular complexity index is 1180. The van der Waals surface area contributed by atoms with Crippen LogP contribution in [0.25, 0.3) is 10.9 Å². The fourth-order valence-corrected chi connectivity index (χ4v) is 4.31. The minimum atomic E-state index is -0.117. The van der Waals surface area contributed by atoms with Crippen molar-refractivity contribution in [2.45, 2.75) is 25.3 Å². The van der Waals surface area contributed by atoms with Crippen LogP contribution in [-0.4, -0.2) is 53.6 Å². The van der Waals surface area contributed by atoms with Gasteiger partial charge in [0, 0.05) is 32.1 Å². The summed E-state index contributed by atoms with van der Waals surface area (Å²) < 4.78 is 7.08. The second-order valence-electron chi connectivity index (χ2n) is 8.19. The Balaban J connectivity index is 1.33. The van der Waals surface area contributed by atoms with Crippen molar-refractivity contribution in [3.8, 4) is 5.75 Å². The van der Waals surface area contributed by atoms with Crippen LogP contribution in [0.15, 0.2) is 53.3 Å². The van der Waals surface area contributed by atoms with Crippen LogP contribution in [0.2, 0.25) is 0 Å². The van der Waals surface area contributed by atoms with E-state index in [9.17, 15) is 9.59 Å². The van der Waals surface area contributed by atoms with Crippen LogP contribution in [0.5, 0.6) is 5.75 Å². The van der Waals surface area contributed by atoms with Gasteiger partial charge in [-0.3, -0.25) is 14.2 Å². The molecule has 2 heterocycles. The lowest BCUT2D eigenvalue weighted by atomic mass is 10.2. The van der Waals surface area contributed by atoms with Gasteiger partial charge in [-0.25, -0.2) is 4.98 Å². The summed E-state index contributed by atoms with van der Waals surface area (Å²) in [6.45, 7) is 2.74. The van der Waals surface area contributed by atoms with E-state index in [-0.39, 0.29) is 23.9 Å². The molecule has 1 amide bonds. The first kappa shape index (κ1) is 19.6. The molecule has 0 N–H and O–H groups in total. The first-order valence-corrected chi connectivity index (χ1v) is 10.8. The molecule has 3 aromatic rings. The molecule has 1 aliphatic carbocycles. The first-order chi connectivity index (χ1) is 15.2. The number of carbonyl (C=O) groups is 1. The molecule has 5 rings (SSSR count). The molecular formula is C24H26N4O3. The average Bonchev–Trinajstić information content (AvgIpc) is 3.66. The molecule has 31 heavy (non-hydrogen) atoms. The van der Waals surface area contributed by atoms with E-state index in [0.29, 0.717) is 24.0 Å². The van der Waals surface area contributed by atoms with Crippen molar-refractivity contribution in [1.82, 2.24) is 14.5 Å². The fraction of sp³-hybridized carbons (Fsp3) is 0.375. The summed E-state index contributed by atoms with van der Waals surface area (Å²) >= 11 is 0. The molecule has 1 aliphatic heterocycles. The first-order valence-electron chi connectivity index (χ1n) is 10.8. The number of anilines is 1. The summed E-state index contributed by atoms with van der Waals surface area (Å²) in [5, 5.41) is 0.570. The summed E-state index contributed by atoms with van der Waals surface area (Å²) in [6, 6.07) is 15.3. The number of nitrogens with zero attached hydrogens (tertiary/aromatic N) is 4. The number of para-hydroxylation sites is 3. The van der Waals surface area contributed by atoms with E-state index < -0.39 is 0 Å². The highest BCUT2D eigenvalue weighted by atomic mass is 16.5. The van der Waals surface area contributed by atoms with Crippen LogP contribution in [0.3, 0.4) is 0 Å². The van der Waals surface area contributed by atoms with Gasteiger partial charge in [0.2, 0.25) is 5.91 Å². The number of hydrogen-bond acceptors (Lipinski definition) is 5. The van der Waals surface area contributed by atoms with Gasteiger partial charge in [-0.2, -0.15) is 0 Å². The van der Waals surface area contributed by atoms with Crippen molar-refractivity contribution in [3.63, 3.8) is 0 Å². The quantitative estimate of drug-likeness (QED) is 0.637. The Hall–Kier alpha value is -3.35. The van der Waals surface area contributed by atoms with Crippen LogP contribution in [0, 0.1) is 0 Å². The Labute approximate surface area is 180 Å². The minimum Gasteiger partial charge on any atom is -0.495 e. The van der Waals surface area contributed by atoms with Crippen LogP contribution < -0.4 is 15.2 Å². The van der Waals surface area contributed by atoms with Gasteiger partial charge < -0.3 is 14.5 Å². The standard InChI is InChI=1S/C24H26N4O3/c1-31-21-9-5-4-8-20(21)26-12-14-27(15-13-26)22(29)16-28-23(17-10-11-17)25-19-7-3-2-6-18(19)24(28)30/h2-9,17H,10-16H2,1H3. The van der Waals surface area contributed by atoms with Crippen LogP contribution in [0.1, 0.15) is 24.6 Å².